The smallest absolute Gasteiger partial charge is 0.281 e. The van der Waals surface area contributed by atoms with Crippen molar-refractivity contribution in [3.05, 3.63) is 23.2 Å². The van der Waals surface area contributed by atoms with Gasteiger partial charge in [-0.25, -0.2) is 0 Å². The molecule has 0 spiro atoms. The SMILES string of the molecule is Cc1cc(C(=O)N2CC[C@]3(O)CCN(S(=O)(=O)N(C)C)C[C@@H]3C2)c(C)o1. The minimum Gasteiger partial charge on any atom is -0.466 e. The van der Waals surface area contributed by atoms with Crippen molar-refractivity contribution in [2.45, 2.75) is 32.3 Å². The van der Waals surface area contributed by atoms with Gasteiger partial charge in [0.25, 0.3) is 16.1 Å². The van der Waals surface area contributed by atoms with E-state index in [4.69, 9.17) is 4.42 Å². The van der Waals surface area contributed by atoms with Gasteiger partial charge in [0.2, 0.25) is 0 Å². The van der Waals surface area contributed by atoms with Gasteiger partial charge >= 0.3 is 0 Å². The number of carbonyl (C=O) groups is 1. The summed E-state index contributed by atoms with van der Waals surface area (Å²) in [5, 5.41) is 11.0. The van der Waals surface area contributed by atoms with Crippen LogP contribution in [0.2, 0.25) is 0 Å². The third-order valence-corrected chi connectivity index (χ3v) is 7.49. The van der Waals surface area contributed by atoms with Crippen LogP contribution >= 0.6 is 0 Å². The Morgan fingerprint density at radius 1 is 1.27 bits per heavy atom. The molecular formula is C17H27N3O5S. The predicted molar refractivity (Wildman–Crippen MR) is 95.9 cm³/mol. The molecule has 1 aromatic rings. The molecule has 2 atom stereocenters. The summed E-state index contributed by atoms with van der Waals surface area (Å²) < 4.78 is 32.9. The second-order valence-electron chi connectivity index (χ2n) is 7.53. The number of furan rings is 1. The number of nitrogens with zero attached hydrogens (tertiary/aromatic N) is 3. The fourth-order valence-electron chi connectivity index (χ4n) is 3.91. The lowest BCUT2D eigenvalue weighted by Crippen LogP contribution is -2.62. The summed E-state index contributed by atoms with van der Waals surface area (Å²) in [5.41, 5.74) is -0.391. The van der Waals surface area contributed by atoms with E-state index in [1.54, 1.807) is 24.8 Å². The molecule has 1 N–H and O–H groups in total. The third kappa shape index (κ3) is 3.28. The standard InChI is InChI=1S/C17H27N3O5S/c1-12-9-15(13(2)25-12)16(21)19-7-5-17(22)6-8-20(11-14(17)10-19)26(23,24)18(3)4/h9,14,22H,5-8,10-11H2,1-4H3/t14-,17-/m0/s1. The molecule has 0 aliphatic carbocycles. The minimum absolute atomic E-state index is 0.131. The fourth-order valence-corrected chi connectivity index (χ4v) is 5.06. The third-order valence-electron chi connectivity index (χ3n) is 5.58. The van der Waals surface area contributed by atoms with Crippen molar-refractivity contribution in [1.29, 1.82) is 0 Å². The highest BCUT2D eigenvalue weighted by atomic mass is 32.2. The van der Waals surface area contributed by atoms with Crippen molar-refractivity contribution < 1.29 is 22.7 Å². The molecule has 9 heteroatoms. The van der Waals surface area contributed by atoms with Crippen LogP contribution in [0.4, 0.5) is 0 Å². The largest absolute Gasteiger partial charge is 0.466 e. The molecular weight excluding hydrogens is 358 g/mol. The van der Waals surface area contributed by atoms with Crippen LogP contribution in [0.1, 0.15) is 34.7 Å². The van der Waals surface area contributed by atoms with Crippen molar-refractivity contribution >= 4 is 16.1 Å². The Balaban J connectivity index is 1.78. The number of likely N-dealkylation sites (tertiary alicyclic amines) is 1. The maximum absolute atomic E-state index is 12.8. The van der Waals surface area contributed by atoms with Crippen molar-refractivity contribution in [2.24, 2.45) is 5.92 Å². The number of carbonyl (C=O) groups excluding carboxylic acids is 1. The number of rotatable bonds is 3. The first-order chi connectivity index (χ1) is 12.0. The van der Waals surface area contributed by atoms with Gasteiger partial charge in [-0.05, 0) is 32.8 Å². The van der Waals surface area contributed by atoms with Crippen LogP contribution in [0.5, 0.6) is 0 Å². The summed E-state index contributed by atoms with van der Waals surface area (Å²) >= 11 is 0. The van der Waals surface area contributed by atoms with Gasteiger partial charge in [0, 0.05) is 46.2 Å². The number of amides is 1. The van der Waals surface area contributed by atoms with Gasteiger partial charge in [-0.2, -0.15) is 17.0 Å². The minimum atomic E-state index is -3.53. The zero-order valence-corrected chi connectivity index (χ0v) is 16.5. The van der Waals surface area contributed by atoms with E-state index in [9.17, 15) is 18.3 Å². The highest BCUT2D eigenvalue weighted by molar-refractivity contribution is 7.86. The fraction of sp³-hybridized carbons (Fsp3) is 0.706. The molecule has 0 saturated carbocycles. The van der Waals surface area contributed by atoms with Crippen LogP contribution in [0, 0.1) is 19.8 Å². The molecule has 26 heavy (non-hydrogen) atoms. The van der Waals surface area contributed by atoms with E-state index < -0.39 is 15.8 Å². The van der Waals surface area contributed by atoms with Gasteiger partial charge in [0.1, 0.15) is 11.5 Å². The zero-order valence-electron chi connectivity index (χ0n) is 15.7. The Morgan fingerprint density at radius 2 is 1.92 bits per heavy atom. The Morgan fingerprint density at radius 3 is 2.50 bits per heavy atom. The molecule has 1 aromatic heterocycles. The Labute approximate surface area is 154 Å². The van der Waals surface area contributed by atoms with Gasteiger partial charge in [0.05, 0.1) is 11.2 Å². The zero-order chi connectivity index (χ0) is 19.3. The van der Waals surface area contributed by atoms with E-state index in [1.165, 1.54) is 22.7 Å². The highest BCUT2D eigenvalue weighted by Gasteiger charge is 2.48. The van der Waals surface area contributed by atoms with Crippen LogP contribution < -0.4 is 0 Å². The van der Waals surface area contributed by atoms with Gasteiger partial charge in [0.15, 0.2) is 0 Å². The second kappa shape index (κ2) is 6.63. The summed E-state index contributed by atoms with van der Waals surface area (Å²) in [7, 11) is -0.540. The van der Waals surface area contributed by atoms with E-state index in [2.05, 4.69) is 0 Å². The predicted octanol–water partition coefficient (Wildman–Crippen LogP) is 0.602. The average Bonchev–Trinajstić information content (AvgIpc) is 2.91. The summed E-state index contributed by atoms with van der Waals surface area (Å²) in [6.45, 7) is 4.84. The van der Waals surface area contributed by atoms with Gasteiger partial charge in [-0.3, -0.25) is 4.79 Å². The van der Waals surface area contributed by atoms with E-state index in [0.717, 1.165) is 0 Å². The van der Waals surface area contributed by atoms with Crippen LogP contribution in [0.15, 0.2) is 10.5 Å². The average molecular weight is 385 g/mol. The molecule has 0 aromatic carbocycles. The Hall–Kier alpha value is -1.42. The van der Waals surface area contributed by atoms with E-state index in [0.29, 0.717) is 49.6 Å². The second-order valence-corrected chi connectivity index (χ2v) is 9.67. The number of aliphatic hydroxyl groups is 1. The molecule has 146 valence electrons. The molecule has 3 rings (SSSR count). The lowest BCUT2D eigenvalue weighted by atomic mass is 9.76. The molecule has 2 saturated heterocycles. The normalized spacial score (nSPS) is 27.6. The first-order valence-electron chi connectivity index (χ1n) is 8.81. The van der Waals surface area contributed by atoms with Gasteiger partial charge in [-0.1, -0.05) is 0 Å². The maximum Gasteiger partial charge on any atom is 0.281 e. The number of aryl methyl sites for hydroxylation is 2. The lowest BCUT2D eigenvalue weighted by Gasteiger charge is -2.49. The van der Waals surface area contributed by atoms with Crippen molar-refractivity contribution in [3.63, 3.8) is 0 Å². The molecule has 2 aliphatic heterocycles. The summed E-state index contributed by atoms with van der Waals surface area (Å²) in [6.07, 6.45) is 0.839. The molecule has 2 fully saturated rings. The van der Waals surface area contributed by atoms with E-state index >= 15 is 0 Å². The number of piperidine rings is 2. The van der Waals surface area contributed by atoms with E-state index in [-0.39, 0.29) is 18.4 Å². The quantitative estimate of drug-likeness (QED) is 0.822. The molecule has 8 nitrogen and oxygen atoms in total. The number of hydrogen-bond acceptors (Lipinski definition) is 5. The van der Waals surface area contributed by atoms with Crippen molar-refractivity contribution in [1.82, 2.24) is 13.5 Å². The number of hydrogen-bond donors (Lipinski definition) is 1. The summed E-state index contributed by atoms with van der Waals surface area (Å²) in [6, 6.07) is 1.72. The molecule has 3 heterocycles. The summed E-state index contributed by atoms with van der Waals surface area (Å²) in [4.78, 5) is 14.5. The van der Waals surface area contributed by atoms with Crippen LogP contribution in [0.25, 0.3) is 0 Å². The Bertz CT molecular complexity index is 803. The summed E-state index contributed by atoms with van der Waals surface area (Å²) in [5.74, 6) is 0.819. The number of fused-ring (bicyclic) bond motifs is 1. The van der Waals surface area contributed by atoms with E-state index in [1.807, 2.05) is 0 Å². The lowest BCUT2D eigenvalue weighted by molar-refractivity contribution is -0.0951. The monoisotopic (exact) mass is 385 g/mol. The highest BCUT2D eigenvalue weighted by Crippen LogP contribution is 2.37. The molecule has 0 unspecified atom stereocenters. The maximum atomic E-state index is 12.8. The molecule has 1 amide bonds. The Kier molecular flexibility index (Phi) is 4.93. The molecule has 0 radical (unpaired) electrons. The van der Waals surface area contributed by atoms with Gasteiger partial charge in [-0.15, -0.1) is 0 Å². The van der Waals surface area contributed by atoms with Crippen LogP contribution in [-0.2, 0) is 10.2 Å². The van der Waals surface area contributed by atoms with Crippen LogP contribution in [-0.4, -0.2) is 78.8 Å². The van der Waals surface area contributed by atoms with Crippen molar-refractivity contribution in [2.75, 3.05) is 40.3 Å². The van der Waals surface area contributed by atoms with Crippen molar-refractivity contribution in [3.8, 4) is 0 Å². The molecule has 0 bridgehead atoms. The first kappa shape index (κ1) is 19.3. The first-order valence-corrected chi connectivity index (χ1v) is 10.2. The van der Waals surface area contributed by atoms with Crippen LogP contribution in [0.3, 0.4) is 0 Å². The molecule has 2 aliphatic rings. The van der Waals surface area contributed by atoms with Gasteiger partial charge < -0.3 is 14.4 Å². The topological polar surface area (TPSA) is 94.3 Å².